The molecule has 0 aliphatic carbocycles. The van der Waals surface area contributed by atoms with Crippen LogP contribution < -0.4 is 19.6 Å². The largest absolute Gasteiger partial charge is 0.497 e. The smallest absolute Gasteiger partial charge is 0.343 e. The molecule has 0 unspecified atom stereocenters. The lowest BCUT2D eigenvalue weighted by Crippen LogP contribution is -2.33. The molecular formula is C29H23NO8. The molecule has 2 heterocycles. The maximum Gasteiger partial charge on any atom is 0.343 e. The van der Waals surface area contributed by atoms with Gasteiger partial charge in [0.1, 0.15) is 29.1 Å². The normalized spacial score (nSPS) is 12.7. The van der Waals surface area contributed by atoms with Crippen LogP contribution in [-0.2, 0) is 0 Å². The molecule has 0 saturated heterocycles. The first-order valence-corrected chi connectivity index (χ1v) is 11.8. The SMILES string of the molecule is COc1ccc(Oc2coc3cc(OC(=O)c4ccc5c(c4)C(=O)N(CC(C)C)C5=O)ccc3c2=O)cc1. The van der Waals surface area contributed by atoms with Gasteiger partial charge in [-0.05, 0) is 60.5 Å². The van der Waals surface area contributed by atoms with E-state index in [1.54, 1.807) is 31.4 Å². The molecule has 38 heavy (non-hydrogen) atoms. The zero-order chi connectivity index (χ0) is 27.0. The third-order valence-corrected chi connectivity index (χ3v) is 5.97. The van der Waals surface area contributed by atoms with E-state index < -0.39 is 17.3 Å². The van der Waals surface area contributed by atoms with Crippen LogP contribution in [0, 0.1) is 5.92 Å². The molecule has 2 amide bonds. The molecule has 5 rings (SSSR count). The van der Waals surface area contributed by atoms with Gasteiger partial charge in [0.25, 0.3) is 11.8 Å². The molecular weight excluding hydrogens is 490 g/mol. The Balaban J connectivity index is 1.34. The molecule has 0 spiro atoms. The van der Waals surface area contributed by atoms with Gasteiger partial charge in [-0.15, -0.1) is 0 Å². The van der Waals surface area contributed by atoms with Crippen LogP contribution in [-0.4, -0.2) is 36.3 Å². The summed E-state index contributed by atoms with van der Waals surface area (Å²) in [5.74, 6) is -0.207. The molecule has 0 fully saturated rings. The zero-order valence-electron chi connectivity index (χ0n) is 20.8. The summed E-state index contributed by atoms with van der Waals surface area (Å²) in [6.07, 6.45) is 1.19. The van der Waals surface area contributed by atoms with Gasteiger partial charge in [-0.25, -0.2) is 4.79 Å². The lowest BCUT2D eigenvalue weighted by atomic mass is 10.1. The lowest BCUT2D eigenvalue weighted by molar-refractivity contribution is 0.0635. The standard InChI is InChI=1S/C29H23NO8/c1-16(2)14-30-27(32)21-10-4-17(12-23(21)28(30)33)29(34)38-20-9-11-22-24(13-20)36-15-25(26(22)31)37-19-7-5-18(35-3)6-8-19/h4-13,15-16H,14H2,1-3H3. The van der Waals surface area contributed by atoms with E-state index in [9.17, 15) is 19.2 Å². The van der Waals surface area contributed by atoms with Crippen LogP contribution >= 0.6 is 0 Å². The summed E-state index contributed by atoms with van der Waals surface area (Å²) in [7, 11) is 1.55. The van der Waals surface area contributed by atoms with Gasteiger partial charge in [0.15, 0.2) is 0 Å². The van der Waals surface area contributed by atoms with Crippen LogP contribution in [0.4, 0.5) is 0 Å². The van der Waals surface area contributed by atoms with Gasteiger partial charge in [-0.1, -0.05) is 13.8 Å². The third kappa shape index (κ3) is 4.61. The monoisotopic (exact) mass is 513 g/mol. The highest BCUT2D eigenvalue weighted by atomic mass is 16.5. The Morgan fingerprint density at radius 3 is 2.26 bits per heavy atom. The Morgan fingerprint density at radius 2 is 1.55 bits per heavy atom. The number of hydrogen-bond donors (Lipinski definition) is 0. The summed E-state index contributed by atoms with van der Waals surface area (Å²) >= 11 is 0. The summed E-state index contributed by atoms with van der Waals surface area (Å²) in [6.45, 7) is 4.11. The van der Waals surface area contributed by atoms with Crippen molar-refractivity contribution in [3.8, 4) is 23.0 Å². The van der Waals surface area contributed by atoms with Crippen LogP contribution in [0.3, 0.4) is 0 Å². The van der Waals surface area contributed by atoms with Crippen molar-refractivity contribution in [1.29, 1.82) is 0 Å². The Bertz CT molecular complexity index is 1640. The van der Waals surface area contributed by atoms with E-state index in [1.807, 2.05) is 13.8 Å². The minimum absolute atomic E-state index is 0.00345. The molecule has 1 aromatic heterocycles. The molecule has 1 aliphatic rings. The molecule has 0 radical (unpaired) electrons. The molecule has 0 N–H and O–H groups in total. The molecule has 0 saturated carbocycles. The fourth-order valence-corrected chi connectivity index (χ4v) is 4.11. The van der Waals surface area contributed by atoms with Gasteiger partial charge < -0.3 is 18.6 Å². The van der Waals surface area contributed by atoms with Crippen molar-refractivity contribution in [1.82, 2.24) is 4.90 Å². The van der Waals surface area contributed by atoms with Crippen LogP contribution in [0.2, 0.25) is 0 Å². The molecule has 0 bridgehead atoms. The van der Waals surface area contributed by atoms with Gasteiger partial charge in [0.2, 0.25) is 11.2 Å². The van der Waals surface area contributed by atoms with Gasteiger partial charge in [-0.3, -0.25) is 19.3 Å². The number of rotatable bonds is 7. The molecule has 192 valence electrons. The van der Waals surface area contributed by atoms with Crippen molar-refractivity contribution >= 4 is 28.8 Å². The van der Waals surface area contributed by atoms with Crippen molar-refractivity contribution < 1.29 is 33.0 Å². The van der Waals surface area contributed by atoms with Crippen LogP contribution in [0.5, 0.6) is 23.0 Å². The number of carbonyl (C=O) groups excluding carboxylic acids is 3. The number of ether oxygens (including phenoxy) is 3. The van der Waals surface area contributed by atoms with E-state index in [-0.39, 0.29) is 51.0 Å². The number of hydrogen-bond acceptors (Lipinski definition) is 8. The summed E-state index contributed by atoms with van der Waals surface area (Å²) in [5.41, 5.74) is 0.335. The Hall–Kier alpha value is -4.92. The van der Waals surface area contributed by atoms with Gasteiger partial charge in [0.05, 0.1) is 29.2 Å². The lowest BCUT2D eigenvalue weighted by Gasteiger charge is -2.15. The highest BCUT2D eigenvalue weighted by molar-refractivity contribution is 6.22. The van der Waals surface area contributed by atoms with E-state index in [1.165, 1.54) is 47.6 Å². The first kappa shape index (κ1) is 24.8. The summed E-state index contributed by atoms with van der Waals surface area (Å²) in [5, 5.41) is 0.239. The average molecular weight is 514 g/mol. The minimum atomic E-state index is -0.725. The van der Waals surface area contributed by atoms with E-state index in [2.05, 4.69) is 0 Å². The Labute approximate surface area is 217 Å². The number of amides is 2. The number of fused-ring (bicyclic) bond motifs is 2. The van der Waals surface area contributed by atoms with Crippen molar-refractivity contribution in [2.45, 2.75) is 13.8 Å². The number of esters is 1. The fourth-order valence-electron chi connectivity index (χ4n) is 4.11. The summed E-state index contributed by atoms with van der Waals surface area (Å²) in [6, 6.07) is 15.3. The van der Waals surface area contributed by atoms with Crippen LogP contribution in [0.1, 0.15) is 44.9 Å². The predicted octanol–water partition coefficient (Wildman–Crippen LogP) is 5.07. The predicted molar refractivity (Wildman–Crippen MR) is 137 cm³/mol. The number of imide groups is 1. The number of nitrogens with zero attached hydrogens (tertiary/aromatic N) is 1. The second-order valence-corrected chi connectivity index (χ2v) is 9.13. The maximum atomic E-state index is 12.9. The van der Waals surface area contributed by atoms with E-state index in [0.29, 0.717) is 18.0 Å². The van der Waals surface area contributed by atoms with Crippen molar-refractivity contribution in [2.24, 2.45) is 5.92 Å². The molecule has 4 aromatic rings. The number of benzene rings is 3. The molecule has 3 aromatic carbocycles. The zero-order valence-corrected chi connectivity index (χ0v) is 20.8. The minimum Gasteiger partial charge on any atom is -0.497 e. The van der Waals surface area contributed by atoms with Gasteiger partial charge in [-0.2, -0.15) is 0 Å². The van der Waals surface area contributed by atoms with E-state index >= 15 is 0 Å². The topological polar surface area (TPSA) is 112 Å². The van der Waals surface area contributed by atoms with E-state index in [0.717, 1.165) is 0 Å². The first-order valence-electron chi connectivity index (χ1n) is 11.8. The number of carbonyl (C=O) groups is 3. The van der Waals surface area contributed by atoms with Crippen molar-refractivity contribution in [3.05, 3.63) is 93.8 Å². The maximum absolute atomic E-state index is 12.9. The Kier molecular flexibility index (Phi) is 6.42. The summed E-state index contributed by atoms with van der Waals surface area (Å²) in [4.78, 5) is 52.2. The molecule has 0 atom stereocenters. The van der Waals surface area contributed by atoms with Gasteiger partial charge in [0, 0.05) is 12.6 Å². The van der Waals surface area contributed by atoms with E-state index in [4.69, 9.17) is 18.6 Å². The number of methoxy groups -OCH3 is 1. The average Bonchev–Trinajstić information content (AvgIpc) is 3.14. The highest BCUT2D eigenvalue weighted by Crippen LogP contribution is 2.28. The molecule has 1 aliphatic heterocycles. The Morgan fingerprint density at radius 1 is 0.868 bits per heavy atom. The van der Waals surface area contributed by atoms with Gasteiger partial charge >= 0.3 is 5.97 Å². The van der Waals surface area contributed by atoms with Crippen LogP contribution in [0.25, 0.3) is 11.0 Å². The van der Waals surface area contributed by atoms with Crippen LogP contribution in [0.15, 0.2) is 76.1 Å². The third-order valence-electron chi connectivity index (χ3n) is 5.97. The molecule has 9 heteroatoms. The van der Waals surface area contributed by atoms with Crippen molar-refractivity contribution in [3.63, 3.8) is 0 Å². The summed E-state index contributed by atoms with van der Waals surface area (Å²) < 4.78 is 21.8. The quantitative estimate of drug-likeness (QED) is 0.191. The fraction of sp³-hybridized carbons (Fsp3) is 0.172. The van der Waals surface area contributed by atoms with Crippen molar-refractivity contribution in [2.75, 3.05) is 13.7 Å². The molecule has 9 nitrogen and oxygen atoms in total. The second-order valence-electron chi connectivity index (χ2n) is 9.13. The highest BCUT2D eigenvalue weighted by Gasteiger charge is 2.36. The second kappa shape index (κ2) is 9.85. The first-order chi connectivity index (χ1) is 18.2.